The van der Waals surface area contributed by atoms with Crippen molar-refractivity contribution >= 4 is 18.4 Å². The van der Waals surface area contributed by atoms with E-state index in [0.717, 1.165) is 12.8 Å². The Balaban J connectivity index is 0. The van der Waals surface area contributed by atoms with Crippen LogP contribution in [0.5, 0.6) is 0 Å². The van der Waals surface area contributed by atoms with E-state index in [2.05, 4.69) is 11.8 Å². The molecule has 4 heteroatoms. The normalized spacial score (nSPS) is 9.62. The highest BCUT2D eigenvalue weighted by Crippen LogP contribution is 2.10. The van der Waals surface area contributed by atoms with Gasteiger partial charge < -0.3 is 4.84 Å². The van der Waals surface area contributed by atoms with Gasteiger partial charge in [-0.2, -0.15) is 5.90 Å². The molecule has 0 unspecified atom stereocenters. The van der Waals surface area contributed by atoms with E-state index in [1.807, 2.05) is 0 Å². The largest absolute Gasteiger partial charge is 0.373 e. The Labute approximate surface area is 105 Å². The topological polar surface area (TPSA) is 52.3 Å². The highest BCUT2D eigenvalue weighted by molar-refractivity contribution is 5.85. The maximum Gasteiger partial charge on any atom is 0.324 e. The lowest BCUT2D eigenvalue weighted by Crippen LogP contribution is -2.08. The summed E-state index contributed by atoms with van der Waals surface area (Å²) in [6, 6.07) is 0. The van der Waals surface area contributed by atoms with Crippen molar-refractivity contribution in [2.24, 2.45) is 5.90 Å². The first-order valence-electron chi connectivity index (χ1n) is 6.20. The molecule has 0 aromatic rings. The first-order valence-corrected chi connectivity index (χ1v) is 6.20. The fraction of sp³-hybridized carbons (Fsp3) is 0.917. The van der Waals surface area contributed by atoms with E-state index in [4.69, 9.17) is 5.90 Å². The molecular formula is C12H26ClNO2. The summed E-state index contributed by atoms with van der Waals surface area (Å²) in [7, 11) is 0. The Morgan fingerprint density at radius 2 is 1.38 bits per heavy atom. The van der Waals surface area contributed by atoms with Crippen LogP contribution in [0.1, 0.15) is 71.1 Å². The van der Waals surface area contributed by atoms with Crippen molar-refractivity contribution in [3.8, 4) is 0 Å². The summed E-state index contributed by atoms with van der Waals surface area (Å²) in [6.45, 7) is 2.23. The molecule has 0 heterocycles. The number of hydrogen-bond acceptors (Lipinski definition) is 3. The Kier molecular flexibility index (Phi) is 16.6. The summed E-state index contributed by atoms with van der Waals surface area (Å²) >= 11 is 0. The molecule has 2 N–H and O–H groups in total. The van der Waals surface area contributed by atoms with Crippen molar-refractivity contribution in [2.75, 3.05) is 0 Å². The highest BCUT2D eigenvalue weighted by atomic mass is 35.5. The average Bonchev–Trinajstić information content (AvgIpc) is 2.26. The number of carbonyl (C=O) groups excluding carboxylic acids is 1. The van der Waals surface area contributed by atoms with E-state index >= 15 is 0 Å². The lowest BCUT2D eigenvalue weighted by atomic mass is 10.1. The molecule has 0 atom stereocenters. The van der Waals surface area contributed by atoms with Crippen LogP contribution in [0.3, 0.4) is 0 Å². The van der Waals surface area contributed by atoms with Gasteiger partial charge in [-0.1, -0.05) is 58.3 Å². The molecule has 0 aromatic heterocycles. The Hall–Kier alpha value is -0.280. The van der Waals surface area contributed by atoms with Crippen molar-refractivity contribution < 1.29 is 9.63 Å². The molecule has 0 rings (SSSR count). The van der Waals surface area contributed by atoms with Gasteiger partial charge in [-0.25, -0.2) is 0 Å². The summed E-state index contributed by atoms with van der Waals surface area (Å²) in [5.74, 6) is 4.44. The fourth-order valence-electron chi connectivity index (χ4n) is 1.64. The van der Waals surface area contributed by atoms with Gasteiger partial charge in [0.15, 0.2) is 0 Å². The summed E-state index contributed by atoms with van der Waals surface area (Å²) in [5, 5.41) is 0. The molecule has 0 aliphatic heterocycles. The number of rotatable bonds is 10. The predicted molar refractivity (Wildman–Crippen MR) is 69.4 cm³/mol. The number of hydrogen-bond donors (Lipinski definition) is 1. The molecule has 0 saturated carbocycles. The average molecular weight is 252 g/mol. The van der Waals surface area contributed by atoms with Crippen LogP contribution in [0.25, 0.3) is 0 Å². The van der Waals surface area contributed by atoms with E-state index in [9.17, 15) is 4.79 Å². The molecule has 0 aromatic carbocycles. The first-order chi connectivity index (χ1) is 7.31. The van der Waals surface area contributed by atoms with Gasteiger partial charge in [0.25, 0.3) is 0 Å². The zero-order valence-electron chi connectivity index (χ0n) is 10.4. The second kappa shape index (κ2) is 14.7. The lowest BCUT2D eigenvalue weighted by Gasteiger charge is -2.01. The van der Waals surface area contributed by atoms with Crippen LogP contribution < -0.4 is 5.90 Å². The maximum absolute atomic E-state index is 10.7. The molecule has 0 spiro atoms. The molecule has 0 aliphatic rings. The second-order valence-electron chi connectivity index (χ2n) is 4.07. The molecule has 16 heavy (non-hydrogen) atoms. The fourth-order valence-corrected chi connectivity index (χ4v) is 1.64. The highest BCUT2D eigenvalue weighted by Gasteiger charge is 1.99. The van der Waals surface area contributed by atoms with Crippen LogP contribution >= 0.6 is 12.4 Å². The van der Waals surface area contributed by atoms with E-state index in [1.165, 1.54) is 44.9 Å². The maximum atomic E-state index is 10.7. The van der Waals surface area contributed by atoms with Crippen LogP contribution in [0.2, 0.25) is 0 Å². The van der Waals surface area contributed by atoms with Crippen LogP contribution in [-0.2, 0) is 9.63 Å². The van der Waals surface area contributed by atoms with Crippen LogP contribution in [0.4, 0.5) is 0 Å². The van der Waals surface area contributed by atoms with Crippen LogP contribution in [-0.4, -0.2) is 5.97 Å². The van der Waals surface area contributed by atoms with Crippen molar-refractivity contribution in [1.82, 2.24) is 0 Å². The van der Waals surface area contributed by atoms with E-state index in [-0.39, 0.29) is 18.4 Å². The SMILES string of the molecule is CCCCCCCCCCCC(=O)ON.Cl. The predicted octanol–water partition coefficient (Wildman–Crippen LogP) is 3.75. The van der Waals surface area contributed by atoms with Crippen molar-refractivity contribution in [2.45, 2.75) is 71.1 Å². The molecule has 0 fully saturated rings. The second-order valence-corrected chi connectivity index (χ2v) is 4.07. The molecule has 3 nitrogen and oxygen atoms in total. The molecular weight excluding hydrogens is 226 g/mol. The van der Waals surface area contributed by atoms with Gasteiger partial charge in [0, 0.05) is 6.42 Å². The van der Waals surface area contributed by atoms with Crippen molar-refractivity contribution in [3.63, 3.8) is 0 Å². The summed E-state index contributed by atoms with van der Waals surface area (Å²) < 4.78 is 0. The van der Waals surface area contributed by atoms with Gasteiger partial charge in [-0.05, 0) is 6.42 Å². The smallest absolute Gasteiger partial charge is 0.324 e. The minimum Gasteiger partial charge on any atom is -0.373 e. The van der Waals surface area contributed by atoms with Crippen LogP contribution in [0.15, 0.2) is 0 Å². The zero-order chi connectivity index (χ0) is 11.4. The van der Waals surface area contributed by atoms with E-state index < -0.39 is 0 Å². The molecule has 0 aliphatic carbocycles. The number of halogens is 1. The quantitative estimate of drug-likeness (QED) is 0.475. The van der Waals surface area contributed by atoms with Gasteiger partial charge in [0.2, 0.25) is 0 Å². The molecule has 0 bridgehead atoms. The summed E-state index contributed by atoms with van der Waals surface area (Å²) in [4.78, 5) is 14.8. The molecule has 0 radical (unpaired) electrons. The Morgan fingerprint density at radius 3 is 1.81 bits per heavy atom. The Morgan fingerprint density at radius 1 is 0.938 bits per heavy atom. The third-order valence-electron chi connectivity index (χ3n) is 2.62. The van der Waals surface area contributed by atoms with E-state index in [1.54, 1.807) is 0 Å². The Bertz CT molecular complexity index is 154. The number of unbranched alkanes of at least 4 members (excludes halogenated alkanes) is 8. The lowest BCUT2D eigenvalue weighted by molar-refractivity contribution is -0.144. The number of nitrogens with two attached hydrogens (primary N) is 1. The monoisotopic (exact) mass is 251 g/mol. The van der Waals surface area contributed by atoms with Gasteiger partial charge in [-0.15, -0.1) is 12.4 Å². The molecule has 0 amide bonds. The zero-order valence-corrected chi connectivity index (χ0v) is 11.2. The van der Waals surface area contributed by atoms with Crippen molar-refractivity contribution in [1.29, 1.82) is 0 Å². The van der Waals surface area contributed by atoms with E-state index in [0.29, 0.717) is 6.42 Å². The minimum atomic E-state index is -0.294. The third kappa shape index (κ3) is 13.7. The summed E-state index contributed by atoms with van der Waals surface area (Å²) in [6.07, 6.45) is 11.7. The van der Waals surface area contributed by atoms with Gasteiger partial charge in [0.05, 0.1) is 0 Å². The van der Waals surface area contributed by atoms with Gasteiger partial charge in [0.1, 0.15) is 0 Å². The van der Waals surface area contributed by atoms with Gasteiger partial charge >= 0.3 is 5.97 Å². The van der Waals surface area contributed by atoms with Gasteiger partial charge in [-0.3, -0.25) is 4.79 Å². The first kappa shape index (κ1) is 18.1. The molecule has 0 saturated heterocycles. The standard InChI is InChI=1S/C12H25NO2.ClH/c1-2-3-4-5-6-7-8-9-10-11-12(14)15-13;/h2-11,13H2,1H3;1H. The summed E-state index contributed by atoms with van der Waals surface area (Å²) in [5.41, 5.74) is 0. The van der Waals surface area contributed by atoms with Crippen molar-refractivity contribution in [3.05, 3.63) is 0 Å². The third-order valence-corrected chi connectivity index (χ3v) is 2.62. The molecule has 98 valence electrons. The minimum absolute atomic E-state index is 0. The van der Waals surface area contributed by atoms with Crippen LogP contribution in [0, 0.1) is 0 Å². The number of carbonyl (C=O) groups is 1.